The van der Waals surface area contributed by atoms with Crippen LogP contribution in [0.3, 0.4) is 0 Å². The third kappa shape index (κ3) is 2.29. The number of aromatic nitrogens is 2. The molecule has 0 N–H and O–H groups in total. The molecule has 0 atom stereocenters. The van der Waals surface area contributed by atoms with Crippen molar-refractivity contribution in [2.24, 2.45) is 0 Å². The van der Waals surface area contributed by atoms with Crippen molar-refractivity contribution in [3.8, 4) is 0 Å². The second-order valence-electron chi connectivity index (χ2n) is 3.59. The van der Waals surface area contributed by atoms with Gasteiger partial charge in [-0.2, -0.15) is 0 Å². The van der Waals surface area contributed by atoms with Gasteiger partial charge in [-0.15, -0.1) is 0 Å². The first-order valence-electron chi connectivity index (χ1n) is 5.21. The molecule has 0 radical (unpaired) electrons. The van der Waals surface area contributed by atoms with Crippen molar-refractivity contribution in [3.05, 3.63) is 34.1 Å². The third-order valence-electron chi connectivity index (χ3n) is 2.28. The summed E-state index contributed by atoms with van der Waals surface area (Å²) in [4.78, 5) is 20.1. The molecule has 0 spiro atoms. The number of hydrogen-bond donors (Lipinski definition) is 0. The molecule has 17 heavy (non-hydrogen) atoms. The lowest BCUT2D eigenvalue weighted by Crippen LogP contribution is -2.06. The molecule has 0 saturated heterocycles. The highest BCUT2D eigenvalue weighted by molar-refractivity contribution is 9.10. The molecule has 2 rings (SSSR count). The van der Waals surface area contributed by atoms with Crippen LogP contribution in [-0.2, 0) is 4.74 Å². The van der Waals surface area contributed by atoms with E-state index in [2.05, 4.69) is 25.9 Å². The van der Waals surface area contributed by atoms with Gasteiger partial charge in [-0.05, 0) is 41.4 Å². The number of hydrogen-bond acceptors (Lipinski definition) is 4. The van der Waals surface area contributed by atoms with Gasteiger partial charge in [-0.1, -0.05) is 0 Å². The Morgan fingerprint density at radius 1 is 1.41 bits per heavy atom. The first-order valence-corrected chi connectivity index (χ1v) is 6.00. The van der Waals surface area contributed by atoms with Crippen molar-refractivity contribution in [2.75, 3.05) is 6.61 Å². The Bertz CT molecular complexity index is 584. The molecule has 0 amide bonds. The van der Waals surface area contributed by atoms with E-state index in [0.29, 0.717) is 22.2 Å². The zero-order chi connectivity index (χ0) is 12.4. The Morgan fingerprint density at radius 3 is 2.88 bits per heavy atom. The Balaban J connectivity index is 2.58. The van der Waals surface area contributed by atoms with Gasteiger partial charge in [-0.25, -0.2) is 4.79 Å². The summed E-state index contributed by atoms with van der Waals surface area (Å²) in [7, 11) is 0. The van der Waals surface area contributed by atoms with Crippen LogP contribution in [0.25, 0.3) is 11.0 Å². The van der Waals surface area contributed by atoms with Crippen molar-refractivity contribution in [3.63, 3.8) is 0 Å². The highest BCUT2D eigenvalue weighted by Gasteiger charge is 2.15. The molecule has 0 saturated carbocycles. The third-order valence-corrected chi connectivity index (χ3v) is 3.08. The fraction of sp³-hybridized carbons (Fsp3) is 0.250. The van der Waals surface area contributed by atoms with Crippen LogP contribution in [-0.4, -0.2) is 22.5 Å². The van der Waals surface area contributed by atoms with E-state index < -0.39 is 5.97 Å². The van der Waals surface area contributed by atoms with Crippen molar-refractivity contribution in [1.29, 1.82) is 0 Å². The Hall–Kier alpha value is -1.49. The summed E-state index contributed by atoms with van der Waals surface area (Å²) in [6.07, 6.45) is 3.25. The van der Waals surface area contributed by atoms with Gasteiger partial charge in [0.15, 0.2) is 0 Å². The van der Waals surface area contributed by atoms with E-state index in [4.69, 9.17) is 4.74 Å². The molecule has 5 heteroatoms. The molecular weight excluding hydrogens is 284 g/mol. The Kier molecular flexibility index (Phi) is 3.38. The number of rotatable bonds is 2. The molecule has 2 aromatic rings. The molecule has 0 bridgehead atoms. The van der Waals surface area contributed by atoms with Crippen molar-refractivity contribution in [1.82, 2.24) is 9.97 Å². The number of carbonyl (C=O) groups excluding carboxylic acids is 1. The number of aryl methyl sites for hydroxylation is 1. The number of esters is 1. The molecule has 0 aromatic carbocycles. The number of pyridine rings is 2. The van der Waals surface area contributed by atoms with Crippen molar-refractivity contribution >= 4 is 32.9 Å². The lowest BCUT2D eigenvalue weighted by Gasteiger charge is -2.06. The molecule has 0 aliphatic rings. The Morgan fingerprint density at radius 2 is 2.18 bits per heavy atom. The van der Waals surface area contributed by atoms with Gasteiger partial charge in [-0.3, -0.25) is 9.97 Å². The summed E-state index contributed by atoms with van der Waals surface area (Å²) in [5.74, 6) is -0.392. The van der Waals surface area contributed by atoms with Crippen molar-refractivity contribution < 1.29 is 9.53 Å². The van der Waals surface area contributed by atoms with E-state index in [1.807, 2.05) is 13.0 Å². The van der Waals surface area contributed by atoms with E-state index in [0.717, 1.165) is 11.1 Å². The van der Waals surface area contributed by atoms with Gasteiger partial charge in [0.25, 0.3) is 0 Å². The number of ether oxygens (including phenoxy) is 1. The van der Waals surface area contributed by atoms with Crippen LogP contribution >= 0.6 is 15.9 Å². The minimum Gasteiger partial charge on any atom is -0.462 e. The largest absolute Gasteiger partial charge is 0.462 e. The van der Waals surface area contributed by atoms with Gasteiger partial charge in [0.1, 0.15) is 5.52 Å². The summed E-state index contributed by atoms with van der Waals surface area (Å²) in [6, 6.07) is 1.92. The predicted molar refractivity (Wildman–Crippen MR) is 67.9 cm³/mol. The predicted octanol–water partition coefficient (Wildman–Crippen LogP) is 2.88. The van der Waals surface area contributed by atoms with Crippen LogP contribution in [0.5, 0.6) is 0 Å². The summed E-state index contributed by atoms with van der Waals surface area (Å²) in [5.41, 5.74) is 2.85. The van der Waals surface area contributed by atoms with Gasteiger partial charge >= 0.3 is 5.97 Å². The number of carbonyl (C=O) groups is 1. The molecule has 4 nitrogen and oxygen atoms in total. The topological polar surface area (TPSA) is 52.1 Å². The normalized spacial score (nSPS) is 10.5. The number of fused-ring (bicyclic) bond motifs is 1. The van der Waals surface area contributed by atoms with Crippen LogP contribution in [0.2, 0.25) is 0 Å². The average Bonchev–Trinajstić information content (AvgIpc) is 2.29. The molecule has 0 aliphatic heterocycles. The fourth-order valence-electron chi connectivity index (χ4n) is 1.49. The first-order chi connectivity index (χ1) is 8.13. The maximum absolute atomic E-state index is 11.7. The first kappa shape index (κ1) is 12.0. The molecule has 0 aliphatic carbocycles. The minimum atomic E-state index is -0.392. The van der Waals surface area contributed by atoms with Crippen LogP contribution in [0.4, 0.5) is 0 Å². The van der Waals surface area contributed by atoms with E-state index in [9.17, 15) is 4.79 Å². The summed E-state index contributed by atoms with van der Waals surface area (Å²) >= 11 is 3.37. The lowest BCUT2D eigenvalue weighted by molar-refractivity contribution is 0.0525. The quantitative estimate of drug-likeness (QED) is 0.799. The molecule has 0 unspecified atom stereocenters. The molecule has 2 aromatic heterocycles. The average molecular weight is 295 g/mol. The number of halogens is 1. The smallest absolute Gasteiger partial charge is 0.340 e. The van der Waals surface area contributed by atoms with Crippen LogP contribution in [0.15, 0.2) is 22.9 Å². The molecule has 0 fully saturated rings. The highest BCUT2D eigenvalue weighted by Crippen LogP contribution is 2.25. The monoisotopic (exact) mass is 294 g/mol. The van der Waals surface area contributed by atoms with E-state index in [1.54, 1.807) is 13.1 Å². The van der Waals surface area contributed by atoms with Crippen LogP contribution < -0.4 is 0 Å². The van der Waals surface area contributed by atoms with Gasteiger partial charge in [0, 0.05) is 12.4 Å². The van der Waals surface area contributed by atoms with Crippen LogP contribution in [0.1, 0.15) is 22.8 Å². The number of nitrogens with zero attached hydrogens (tertiary/aromatic N) is 2. The molecular formula is C12H11BrN2O2. The second-order valence-corrected chi connectivity index (χ2v) is 4.38. The lowest BCUT2D eigenvalue weighted by atomic mass is 10.2. The zero-order valence-electron chi connectivity index (χ0n) is 9.53. The Labute approximate surface area is 107 Å². The van der Waals surface area contributed by atoms with E-state index >= 15 is 0 Å². The van der Waals surface area contributed by atoms with E-state index in [1.165, 1.54) is 6.20 Å². The van der Waals surface area contributed by atoms with Crippen molar-refractivity contribution in [2.45, 2.75) is 13.8 Å². The SMILES string of the molecule is CCOC(=O)c1cnc2cc(C)cnc2c1Br. The van der Waals surface area contributed by atoms with Gasteiger partial charge in [0.2, 0.25) is 0 Å². The zero-order valence-corrected chi connectivity index (χ0v) is 11.1. The van der Waals surface area contributed by atoms with Gasteiger partial charge in [0.05, 0.1) is 22.2 Å². The summed E-state index contributed by atoms with van der Waals surface area (Å²) < 4.78 is 5.57. The maximum Gasteiger partial charge on any atom is 0.340 e. The summed E-state index contributed by atoms with van der Waals surface area (Å²) in [6.45, 7) is 4.05. The standard InChI is InChI=1S/C12H11BrN2O2/c1-3-17-12(16)8-6-14-9-4-7(2)5-15-11(9)10(8)13/h4-6H,3H2,1-2H3. The minimum absolute atomic E-state index is 0.338. The highest BCUT2D eigenvalue weighted by atomic mass is 79.9. The molecule has 2 heterocycles. The van der Waals surface area contributed by atoms with Crippen LogP contribution in [0, 0.1) is 6.92 Å². The van der Waals surface area contributed by atoms with E-state index in [-0.39, 0.29) is 0 Å². The summed E-state index contributed by atoms with van der Waals surface area (Å²) in [5, 5.41) is 0. The second kappa shape index (κ2) is 4.79. The maximum atomic E-state index is 11.7. The fourth-order valence-corrected chi connectivity index (χ4v) is 2.06. The van der Waals surface area contributed by atoms with Gasteiger partial charge < -0.3 is 4.74 Å². The molecule has 88 valence electrons.